The predicted octanol–water partition coefficient (Wildman–Crippen LogP) is 0.623. The molecule has 0 bridgehead atoms. The number of carbonyl (C=O) groups excluding carboxylic acids is 1. The standard InChI is InChI=1S/C19H20N4O3/c1-14(24)20-8-10-21(11-9-20)16-7-6-15-13-22(25)17-4-2-3-5-18(17)23(26)19(15)12-16/h2-7,12-13,25H,8-11H2,1H3. The summed E-state index contributed by atoms with van der Waals surface area (Å²) in [5.74, 6) is 0.0894. The molecule has 0 atom stereocenters. The summed E-state index contributed by atoms with van der Waals surface area (Å²) in [5, 5.41) is 25.3. The summed E-state index contributed by atoms with van der Waals surface area (Å²) in [6.07, 6.45) is 1.55. The van der Waals surface area contributed by atoms with Crippen LogP contribution in [-0.2, 0) is 4.79 Å². The Balaban J connectivity index is 1.76. The lowest BCUT2D eigenvalue weighted by atomic mass is 10.2. The molecule has 7 heteroatoms. The van der Waals surface area contributed by atoms with Gasteiger partial charge in [-0.15, -0.1) is 0 Å². The van der Waals surface area contributed by atoms with Gasteiger partial charge in [0.05, 0.1) is 5.22 Å². The lowest BCUT2D eigenvalue weighted by Crippen LogP contribution is -2.48. The Morgan fingerprint density at radius 2 is 1.85 bits per heavy atom. The maximum Gasteiger partial charge on any atom is 0.243 e. The minimum Gasteiger partial charge on any atom is -0.618 e. The third-order valence-corrected chi connectivity index (χ3v) is 4.93. The molecule has 26 heavy (non-hydrogen) atoms. The van der Waals surface area contributed by atoms with Crippen LogP contribution in [0.15, 0.2) is 42.5 Å². The molecule has 1 N–H and O–H groups in total. The van der Waals surface area contributed by atoms with Gasteiger partial charge < -0.3 is 15.0 Å². The zero-order valence-corrected chi connectivity index (χ0v) is 14.5. The van der Waals surface area contributed by atoms with Gasteiger partial charge in [-0.3, -0.25) is 10.0 Å². The van der Waals surface area contributed by atoms with Crippen LogP contribution in [0.3, 0.4) is 0 Å². The van der Waals surface area contributed by atoms with E-state index in [1.54, 1.807) is 37.4 Å². The van der Waals surface area contributed by atoms with Gasteiger partial charge in [0.15, 0.2) is 0 Å². The number of hydroxylamine groups is 1. The van der Waals surface area contributed by atoms with Crippen molar-refractivity contribution in [2.24, 2.45) is 0 Å². The quantitative estimate of drug-likeness (QED) is 0.602. The van der Waals surface area contributed by atoms with E-state index in [2.05, 4.69) is 4.90 Å². The minimum absolute atomic E-state index is 0.0894. The van der Waals surface area contributed by atoms with Crippen LogP contribution in [-0.4, -0.2) is 42.2 Å². The molecule has 0 saturated carbocycles. The van der Waals surface area contributed by atoms with Crippen LogP contribution < -0.4 is 25.3 Å². The Kier molecular flexibility index (Phi) is 4.00. The average Bonchev–Trinajstić information content (AvgIpc) is 2.77. The maximum atomic E-state index is 12.9. The molecule has 2 aliphatic heterocycles. The van der Waals surface area contributed by atoms with Crippen molar-refractivity contribution in [1.29, 1.82) is 0 Å². The number of hydrogen-bond acceptors (Lipinski definition) is 5. The van der Waals surface area contributed by atoms with Crippen LogP contribution in [0, 0.1) is 5.21 Å². The minimum atomic E-state index is 0.0894. The Labute approximate surface area is 150 Å². The van der Waals surface area contributed by atoms with Gasteiger partial charge in [-0.1, -0.05) is 12.1 Å². The van der Waals surface area contributed by atoms with Crippen LogP contribution in [0.5, 0.6) is 0 Å². The number of para-hydroxylation sites is 2. The van der Waals surface area contributed by atoms with E-state index >= 15 is 0 Å². The van der Waals surface area contributed by atoms with E-state index in [4.69, 9.17) is 0 Å². The first-order chi connectivity index (χ1) is 12.5. The highest BCUT2D eigenvalue weighted by Gasteiger charge is 2.21. The first-order valence-electron chi connectivity index (χ1n) is 8.58. The molecule has 2 heterocycles. The number of nitrogens with zero attached hydrogens (tertiary/aromatic N) is 4. The second-order valence-electron chi connectivity index (χ2n) is 6.49. The molecular weight excluding hydrogens is 332 g/mol. The van der Waals surface area contributed by atoms with Gasteiger partial charge in [-0.2, -0.15) is 4.74 Å². The van der Waals surface area contributed by atoms with Gasteiger partial charge >= 0.3 is 0 Å². The third-order valence-electron chi connectivity index (χ3n) is 4.93. The highest BCUT2D eigenvalue weighted by atomic mass is 16.5. The first-order valence-corrected chi connectivity index (χ1v) is 8.58. The molecule has 1 amide bonds. The van der Waals surface area contributed by atoms with Crippen LogP contribution in [0.1, 0.15) is 6.92 Å². The van der Waals surface area contributed by atoms with Crippen LogP contribution in [0.2, 0.25) is 0 Å². The summed E-state index contributed by atoms with van der Waals surface area (Å²) in [4.78, 5) is 15.5. The fourth-order valence-electron chi connectivity index (χ4n) is 3.45. The van der Waals surface area contributed by atoms with Crippen LogP contribution in [0.25, 0.3) is 6.20 Å². The molecule has 0 aliphatic carbocycles. The number of amides is 1. The molecule has 1 fully saturated rings. The molecule has 4 rings (SSSR count). The zero-order valence-electron chi connectivity index (χ0n) is 14.5. The number of hydrogen-bond donors (Lipinski definition) is 1. The molecule has 0 aromatic heterocycles. The number of anilines is 2. The zero-order chi connectivity index (χ0) is 18.3. The Morgan fingerprint density at radius 3 is 2.58 bits per heavy atom. The molecule has 1 saturated heterocycles. The van der Waals surface area contributed by atoms with Crippen LogP contribution >= 0.6 is 0 Å². The summed E-state index contributed by atoms with van der Waals surface area (Å²) in [5.41, 5.74) is 1.77. The van der Waals surface area contributed by atoms with Gasteiger partial charge in [0.25, 0.3) is 0 Å². The molecule has 2 aromatic rings. The fourth-order valence-corrected chi connectivity index (χ4v) is 3.45. The first kappa shape index (κ1) is 16.4. The van der Waals surface area contributed by atoms with Crippen molar-refractivity contribution >= 4 is 29.2 Å². The molecule has 2 aromatic carbocycles. The average molecular weight is 352 g/mol. The van der Waals surface area contributed by atoms with Crippen LogP contribution in [0.4, 0.5) is 17.1 Å². The monoisotopic (exact) mass is 352 g/mol. The highest BCUT2D eigenvalue weighted by molar-refractivity contribution is 5.74. The number of benzene rings is 2. The number of carbonyl (C=O) groups is 1. The normalized spacial score (nSPS) is 16.5. The van der Waals surface area contributed by atoms with Crippen molar-refractivity contribution in [2.45, 2.75) is 6.92 Å². The molecule has 0 unspecified atom stereocenters. The summed E-state index contributed by atoms with van der Waals surface area (Å²) in [6, 6.07) is 12.6. The molecule has 2 aliphatic rings. The highest BCUT2D eigenvalue weighted by Crippen LogP contribution is 2.26. The van der Waals surface area contributed by atoms with E-state index in [1.807, 2.05) is 23.1 Å². The van der Waals surface area contributed by atoms with E-state index in [0.29, 0.717) is 35.0 Å². The number of rotatable bonds is 1. The van der Waals surface area contributed by atoms with Crippen molar-refractivity contribution in [1.82, 2.24) is 9.64 Å². The molecular formula is C19H20N4O3. The molecule has 7 nitrogen and oxygen atoms in total. The Bertz CT molecular complexity index is 981. The summed E-state index contributed by atoms with van der Waals surface area (Å²) in [7, 11) is 0. The second kappa shape index (κ2) is 6.34. The van der Waals surface area contributed by atoms with E-state index in [-0.39, 0.29) is 5.91 Å². The van der Waals surface area contributed by atoms with Crippen molar-refractivity contribution in [3.63, 3.8) is 0 Å². The largest absolute Gasteiger partial charge is 0.618 e. The van der Waals surface area contributed by atoms with Gasteiger partial charge in [-0.05, 0) is 18.2 Å². The number of piperazine rings is 1. The van der Waals surface area contributed by atoms with Gasteiger partial charge in [-0.25, -0.2) is 5.06 Å². The molecule has 0 radical (unpaired) electrons. The number of fused-ring (bicyclic) bond motifs is 2. The van der Waals surface area contributed by atoms with E-state index in [9.17, 15) is 15.2 Å². The van der Waals surface area contributed by atoms with E-state index in [1.165, 1.54) is 0 Å². The molecule has 0 spiro atoms. The van der Waals surface area contributed by atoms with Crippen molar-refractivity contribution < 1.29 is 10.0 Å². The summed E-state index contributed by atoms with van der Waals surface area (Å²) in [6.45, 7) is 4.38. The van der Waals surface area contributed by atoms with Gasteiger partial charge in [0.1, 0.15) is 5.69 Å². The van der Waals surface area contributed by atoms with Crippen molar-refractivity contribution in [3.8, 4) is 0 Å². The summed E-state index contributed by atoms with van der Waals surface area (Å²) >= 11 is 0. The van der Waals surface area contributed by atoms with Gasteiger partial charge in [0.2, 0.25) is 17.0 Å². The SMILES string of the molecule is CC(=O)N1CCN(c2ccc3c(c2)=[N+]([O-])c2ccccc2N(O)C=3)CC1. The molecule has 134 valence electrons. The lowest BCUT2D eigenvalue weighted by molar-refractivity contribution is -0.129. The Morgan fingerprint density at radius 1 is 1.12 bits per heavy atom. The smallest absolute Gasteiger partial charge is 0.243 e. The predicted molar refractivity (Wildman–Crippen MR) is 99.6 cm³/mol. The lowest BCUT2D eigenvalue weighted by Gasteiger charge is -2.35. The second-order valence-corrected chi connectivity index (χ2v) is 6.49. The Hall–Kier alpha value is -3.06. The van der Waals surface area contributed by atoms with Crippen molar-refractivity contribution in [2.75, 3.05) is 36.1 Å². The van der Waals surface area contributed by atoms with E-state index in [0.717, 1.165) is 28.6 Å². The maximum absolute atomic E-state index is 12.9. The van der Waals surface area contributed by atoms with E-state index < -0.39 is 0 Å². The topological polar surface area (TPSA) is 73.1 Å². The summed E-state index contributed by atoms with van der Waals surface area (Å²) < 4.78 is 0.854. The fraction of sp³-hybridized carbons (Fsp3) is 0.263. The van der Waals surface area contributed by atoms with Gasteiger partial charge in [0, 0.05) is 57.1 Å². The third kappa shape index (κ3) is 2.76. The van der Waals surface area contributed by atoms with Crippen molar-refractivity contribution in [3.05, 3.63) is 58.2 Å².